The van der Waals surface area contributed by atoms with Gasteiger partial charge in [0, 0.05) is 22.9 Å². The Hall–Kier alpha value is -3.86. The summed E-state index contributed by atoms with van der Waals surface area (Å²) < 4.78 is 5.35. The van der Waals surface area contributed by atoms with E-state index >= 15 is 0 Å². The standard InChI is InChI=1S/C34H28BrCl2N3O6/c1-46-25-9-5-8-23(28(25)41)27-21-14-15-22-26(24(21)16-33(36)31(44)39(17-35)32(45)34(27,33)37)30(43)40(29(22)42)20-12-10-19(11-13-20)38-18-6-3-2-4-7-18/h2-14,22,24,26-27,38,41H,15-17H2,1H3. The number of aromatic hydroxyl groups is 1. The van der Waals surface area contributed by atoms with E-state index in [1.165, 1.54) is 12.0 Å². The molecule has 4 amide bonds. The van der Waals surface area contributed by atoms with Gasteiger partial charge in [0.25, 0.3) is 11.8 Å². The largest absolute Gasteiger partial charge is 0.504 e. The van der Waals surface area contributed by atoms with E-state index in [0.29, 0.717) is 11.3 Å². The second-order valence-electron chi connectivity index (χ2n) is 11.9. The molecule has 3 aromatic rings. The highest BCUT2D eigenvalue weighted by atomic mass is 79.9. The molecule has 1 saturated carbocycles. The summed E-state index contributed by atoms with van der Waals surface area (Å²) in [4.78, 5) is 54.1. The van der Waals surface area contributed by atoms with Crippen LogP contribution >= 0.6 is 39.1 Å². The number of para-hydroxylation sites is 2. The van der Waals surface area contributed by atoms with Crippen LogP contribution in [0.3, 0.4) is 0 Å². The number of nitrogens with one attached hydrogen (secondary N) is 1. The van der Waals surface area contributed by atoms with Crippen molar-refractivity contribution in [3.05, 3.63) is 90.0 Å². The SMILES string of the molecule is COc1cccc(C2C3=CCC4C(=O)N(c5ccc(Nc6ccccc6)cc5)C(=O)C4C3CC3(Cl)C(=O)N(CBr)C(=O)C23Cl)c1O. The summed E-state index contributed by atoms with van der Waals surface area (Å²) in [6, 6.07) is 21.4. The average molecular weight is 725 g/mol. The van der Waals surface area contributed by atoms with Crippen molar-refractivity contribution in [1.29, 1.82) is 0 Å². The lowest BCUT2D eigenvalue weighted by molar-refractivity contribution is -0.138. The van der Waals surface area contributed by atoms with Crippen LogP contribution in [0.4, 0.5) is 17.1 Å². The Bertz CT molecular complexity index is 1820. The number of likely N-dealkylation sites (tertiary alicyclic amines) is 1. The van der Waals surface area contributed by atoms with Crippen molar-refractivity contribution in [2.24, 2.45) is 17.8 Å². The number of carbonyl (C=O) groups is 4. The second-order valence-corrected chi connectivity index (χ2v) is 13.7. The van der Waals surface area contributed by atoms with Crippen LogP contribution in [0.15, 0.2) is 84.4 Å². The first kappa shape index (κ1) is 30.8. The number of benzene rings is 3. The van der Waals surface area contributed by atoms with Crippen molar-refractivity contribution in [1.82, 2.24) is 4.90 Å². The maximum atomic E-state index is 14.3. The Balaban J connectivity index is 1.29. The number of alkyl halides is 3. The average Bonchev–Trinajstić information content (AvgIpc) is 3.40. The fraction of sp³-hybridized carbons (Fsp3) is 0.294. The van der Waals surface area contributed by atoms with Crippen LogP contribution < -0.4 is 15.0 Å². The van der Waals surface area contributed by atoms with E-state index in [4.69, 9.17) is 27.9 Å². The van der Waals surface area contributed by atoms with Crippen LogP contribution in [0.2, 0.25) is 0 Å². The molecule has 7 rings (SSSR count). The molecule has 6 atom stereocenters. The van der Waals surface area contributed by atoms with Crippen LogP contribution in [-0.2, 0) is 19.2 Å². The molecule has 4 aliphatic rings. The Morgan fingerprint density at radius 3 is 2.28 bits per heavy atom. The summed E-state index contributed by atoms with van der Waals surface area (Å²) in [5.41, 5.74) is 2.78. The number of nitrogens with zero attached hydrogens (tertiary/aromatic N) is 2. The zero-order chi connectivity index (χ0) is 32.5. The van der Waals surface area contributed by atoms with Crippen LogP contribution in [0.5, 0.6) is 11.5 Å². The molecular weight excluding hydrogens is 697 g/mol. The van der Waals surface area contributed by atoms with E-state index in [1.54, 1.807) is 42.5 Å². The van der Waals surface area contributed by atoms with Gasteiger partial charge in [-0.15, -0.1) is 23.2 Å². The summed E-state index contributed by atoms with van der Waals surface area (Å²) in [5, 5.41) is 14.6. The van der Waals surface area contributed by atoms with Crippen molar-refractivity contribution >= 4 is 79.8 Å². The van der Waals surface area contributed by atoms with Gasteiger partial charge in [0.15, 0.2) is 21.2 Å². The van der Waals surface area contributed by atoms with Crippen molar-refractivity contribution in [2.45, 2.75) is 28.5 Å². The molecule has 236 valence electrons. The van der Waals surface area contributed by atoms with Gasteiger partial charge < -0.3 is 15.2 Å². The molecule has 2 N–H and O–H groups in total. The number of rotatable bonds is 6. The molecule has 0 aromatic heterocycles. The highest BCUT2D eigenvalue weighted by molar-refractivity contribution is 9.09. The summed E-state index contributed by atoms with van der Waals surface area (Å²) >= 11 is 17.7. The topological polar surface area (TPSA) is 116 Å². The first-order chi connectivity index (χ1) is 22.1. The number of halogens is 3. The van der Waals surface area contributed by atoms with Gasteiger partial charge in [-0.05, 0) is 61.2 Å². The predicted molar refractivity (Wildman–Crippen MR) is 177 cm³/mol. The number of anilines is 3. The third-order valence-electron chi connectivity index (χ3n) is 9.76. The van der Waals surface area contributed by atoms with Crippen molar-refractivity contribution in [2.75, 3.05) is 22.8 Å². The maximum Gasteiger partial charge on any atom is 0.254 e. The number of amides is 4. The molecule has 2 aliphatic carbocycles. The molecule has 46 heavy (non-hydrogen) atoms. The first-order valence-corrected chi connectivity index (χ1v) is 16.6. The van der Waals surface area contributed by atoms with Gasteiger partial charge in [0.1, 0.15) is 0 Å². The molecule has 2 saturated heterocycles. The van der Waals surface area contributed by atoms with Crippen LogP contribution in [0.1, 0.15) is 24.3 Å². The van der Waals surface area contributed by atoms with Gasteiger partial charge in [-0.25, -0.2) is 0 Å². The fourth-order valence-electron chi connectivity index (χ4n) is 7.67. The number of hydrogen-bond acceptors (Lipinski definition) is 7. The number of hydrogen-bond donors (Lipinski definition) is 2. The van der Waals surface area contributed by atoms with Gasteiger partial charge in [0.2, 0.25) is 11.8 Å². The lowest BCUT2D eigenvalue weighted by Crippen LogP contribution is -2.60. The Morgan fingerprint density at radius 2 is 1.61 bits per heavy atom. The number of ether oxygens (including phenoxy) is 1. The van der Waals surface area contributed by atoms with Gasteiger partial charge in [-0.3, -0.25) is 29.0 Å². The zero-order valence-corrected chi connectivity index (χ0v) is 27.6. The number of methoxy groups -OCH3 is 1. The van der Waals surface area contributed by atoms with Crippen molar-refractivity contribution in [3.63, 3.8) is 0 Å². The first-order valence-electron chi connectivity index (χ1n) is 14.7. The minimum atomic E-state index is -2.02. The maximum absolute atomic E-state index is 14.3. The quantitative estimate of drug-likeness (QED) is 0.138. The minimum Gasteiger partial charge on any atom is -0.504 e. The van der Waals surface area contributed by atoms with Gasteiger partial charge in [-0.1, -0.05) is 57.9 Å². The number of carbonyl (C=O) groups excluding carboxylic acids is 4. The van der Waals surface area contributed by atoms with Crippen molar-refractivity contribution in [3.8, 4) is 11.5 Å². The van der Waals surface area contributed by atoms with Crippen LogP contribution in [0, 0.1) is 17.8 Å². The number of allylic oxidation sites excluding steroid dienone is 2. The Kier molecular flexibility index (Phi) is 7.45. The molecular formula is C34H28BrCl2N3O6. The van der Waals surface area contributed by atoms with E-state index in [9.17, 15) is 24.3 Å². The molecule has 0 radical (unpaired) electrons. The molecule has 0 bridgehead atoms. The highest BCUT2D eigenvalue weighted by Crippen LogP contribution is 2.66. The lowest BCUT2D eigenvalue weighted by Gasteiger charge is -2.50. The summed E-state index contributed by atoms with van der Waals surface area (Å²) in [7, 11) is 1.40. The third-order valence-corrected chi connectivity index (χ3v) is 11.7. The zero-order valence-electron chi connectivity index (χ0n) is 24.5. The van der Waals surface area contributed by atoms with E-state index in [1.807, 2.05) is 36.4 Å². The second kappa shape index (κ2) is 11.1. The van der Waals surface area contributed by atoms with Gasteiger partial charge >= 0.3 is 0 Å². The van der Waals surface area contributed by atoms with Crippen LogP contribution in [0.25, 0.3) is 0 Å². The van der Waals surface area contributed by atoms with E-state index < -0.39 is 51.1 Å². The molecule has 12 heteroatoms. The monoisotopic (exact) mass is 723 g/mol. The number of imide groups is 2. The highest BCUT2D eigenvalue weighted by Gasteiger charge is 2.76. The number of phenolic OH excluding ortho intramolecular Hbond substituents is 1. The molecule has 3 aromatic carbocycles. The third kappa shape index (κ3) is 4.19. The predicted octanol–water partition coefficient (Wildman–Crippen LogP) is 6.06. The fourth-order valence-corrected chi connectivity index (χ4v) is 9.09. The van der Waals surface area contributed by atoms with Gasteiger partial charge in [-0.2, -0.15) is 0 Å². The molecule has 9 nitrogen and oxygen atoms in total. The van der Waals surface area contributed by atoms with Crippen LogP contribution in [-0.4, -0.2) is 55.9 Å². The minimum absolute atomic E-state index is 0.138. The van der Waals surface area contributed by atoms with E-state index in [0.717, 1.165) is 16.3 Å². The summed E-state index contributed by atoms with van der Waals surface area (Å²) in [5.74, 6) is -5.66. The summed E-state index contributed by atoms with van der Waals surface area (Å²) in [6.45, 7) is 0. The molecule has 2 heterocycles. The number of fused-ring (bicyclic) bond motifs is 4. The van der Waals surface area contributed by atoms with E-state index in [-0.39, 0.29) is 41.3 Å². The normalized spacial score (nSPS) is 30.1. The van der Waals surface area contributed by atoms with Gasteiger partial charge in [0.05, 0.1) is 30.1 Å². The molecule has 0 spiro atoms. The Labute approximate surface area is 283 Å². The van der Waals surface area contributed by atoms with Crippen molar-refractivity contribution < 1.29 is 29.0 Å². The lowest BCUT2D eigenvalue weighted by atomic mass is 9.56. The molecule has 2 aliphatic heterocycles. The number of phenols is 1. The molecule has 3 fully saturated rings. The molecule has 6 unspecified atom stereocenters. The summed E-state index contributed by atoms with van der Waals surface area (Å²) in [6.07, 6.45) is 1.89. The Morgan fingerprint density at radius 1 is 0.913 bits per heavy atom. The smallest absolute Gasteiger partial charge is 0.254 e. The van der Waals surface area contributed by atoms with E-state index in [2.05, 4.69) is 21.2 Å².